The highest BCUT2D eigenvalue weighted by atomic mass is 16.4. The maximum Gasteiger partial charge on any atom is 0.338 e. The first-order valence-corrected chi connectivity index (χ1v) is 4.30. The molecule has 0 aliphatic rings. The summed E-state index contributed by atoms with van der Waals surface area (Å²) < 4.78 is 0. The minimum Gasteiger partial charge on any atom is -0.478 e. The van der Waals surface area contributed by atoms with Gasteiger partial charge in [0.15, 0.2) is 0 Å². The number of carbonyl (C=O) groups is 1. The number of pyridine rings is 1. The van der Waals surface area contributed by atoms with Gasteiger partial charge in [0.25, 0.3) is 0 Å². The molecule has 3 aromatic heterocycles. The Morgan fingerprint density at radius 2 is 2.20 bits per heavy atom. The van der Waals surface area contributed by atoms with E-state index in [9.17, 15) is 4.79 Å². The Kier molecular flexibility index (Phi) is 1.37. The highest BCUT2D eigenvalue weighted by molar-refractivity contribution is 6.12. The molecule has 15 heavy (non-hydrogen) atoms. The summed E-state index contributed by atoms with van der Waals surface area (Å²) in [6.45, 7) is 0. The van der Waals surface area contributed by atoms with Crippen LogP contribution >= 0.6 is 0 Å². The van der Waals surface area contributed by atoms with Crippen LogP contribution in [-0.4, -0.2) is 31.0 Å². The molecule has 0 saturated heterocycles. The van der Waals surface area contributed by atoms with Crippen molar-refractivity contribution in [2.75, 3.05) is 0 Å². The maximum atomic E-state index is 11.0. The number of aromatic amines is 2. The number of aromatic nitrogens is 4. The molecule has 0 atom stereocenters. The first kappa shape index (κ1) is 7.98. The average molecular weight is 202 g/mol. The fourth-order valence-electron chi connectivity index (χ4n) is 1.65. The van der Waals surface area contributed by atoms with Gasteiger partial charge in [-0.1, -0.05) is 0 Å². The predicted octanol–water partition coefficient (Wildman–Crippen LogP) is 1.14. The standard InChI is InChI=1S/C9H6N4O2/c14-9(15)4-1-10-8-6(4)7-5(2-11-8)12-3-13-7/h1-3H,(H,10,11)(H,12,13)(H,14,15). The van der Waals surface area contributed by atoms with Crippen molar-refractivity contribution in [2.45, 2.75) is 0 Å². The molecular weight excluding hydrogens is 196 g/mol. The van der Waals surface area contributed by atoms with Gasteiger partial charge in [-0.25, -0.2) is 14.8 Å². The minimum atomic E-state index is -0.987. The van der Waals surface area contributed by atoms with E-state index < -0.39 is 5.97 Å². The molecule has 3 N–H and O–H groups in total. The zero-order valence-corrected chi connectivity index (χ0v) is 7.48. The Balaban J connectivity index is 2.57. The summed E-state index contributed by atoms with van der Waals surface area (Å²) in [6, 6.07) is 0. The lowest BCUT2D eigenvalue weighted by Crippen LogP contribution is -1.94. The summed E-state index contributed by atoms with van der Waals surface area (Å²) in [5.74, 6) is -0.987. The van der Waals surface area contributed by atoms with Crippen LogP contribution in [0, 0.1) is 0 Å². The van der Waals surface area contributed by atoms with Gasteiger partial charge in [0.05, 0.1) is 29.0 Å². The summed E-state index contributed by atoms with van der Waals surface area (Å²) in [5, 5.41) is 9.53. The van der Waals surface area contributed by atoms with Crippen LogP contribution in [0.25, 0.3) is 22.1 Å². The smallest absolute Gasteiger partial charge is 0.338 e. The fraction of sp³-hybridized carbons (Fsp3) is 0. The molecule has 0 saturated carbocycles. The van der Waals surface area contributed by atoms with Crippen molar-refractivity contribution in [2.24, 2.45) is 0 Å². The summed E-state index contributed by atoms with van der Waals surface area (Å²) >= 11 is 0. The van der Waals surface area contributed by atoms with Crippen molar-refractivity contribution in [3.8, 4) is 0 Å². The Morgan fingerprint density at radius 1 is 1.33 bits per heavy atom. The van der Waals surface area contributed by atoms with E-state index in [1.54, 1.807) is 6.20 Å². The number of hydrogen-bond donors (Lipinski definition) is 3. The van der Waals surface area contributed by atoms with Crippen molar-refractivity contribution in [3.63, 3.8) is 0 Å². The first-order valence-electron chi connectivity index (χ1n) is 4.30. The lowest BCUT2D eigenvalue weighted by atomic mass is 10.2. The van der Waals surface area contributed by atoms with E-state index in [0.29, 0.717) is 16.6 Å². The first-order chi connectivity index (χ1) is 7.27. The van der Waals surface area contributed by atoms with Gasteiger partial charge in [-0.05, 0) is 0 Å². The molecule has 0 amide bonds. The third-order valence-corrected chi connectivity index (χ3v) is 2.32. The third-order valence-electron chi connectivity index (χ3n) is 2.32. The number of hydrogen-bond acceptors (Lipinski definition) is 3. The highest BCUT2D eigenvalue weighted by Gasteiger charge is 2.15. The number of imidazole rings is 1. The van der Waals surface area contributed by atoms with Crippen molar-refractivity contribution in [3.05, 3.63) is 24.3 Å². The molecule has 3 heterocycles. The molecule has 0 aliphatic heterocycles. The van der Waals surface area contributed by atoms with E-state index in [4.69, 9.17) is 5.11 Å². The van der Waals surface area contributed by atoms with Crippen LogP contribution in [0.2, 0.25) is 0 Å². The van der Waals surface area contributed by atoms with Gasteiger partial charge in [0.2, 0.25) is 0 Å². The van der Waals surface area contributed by atoms with Crippen LogP contribution in [0.1, 0.15) is 10.4 Å². The SMILES string of the molecule is O=C(O)c1c[nH]c2ncc3[nH]cnc3c12. The Bertz CT molecular complexity index is 667. The largest absolute Gasteiger partial charge is 0.478 e. The average Bonchev–Trinajstić information content (AvgIpc) is 2.82. The quantitative estimate of drug-likeness (QED) is 0.551. The number of nitrogens with one attached hydrogen (secondary N) is 2. The summed E-state index contributed by atoms with van der Waals surface area (Å²) in [6.07, 6.45) is 4.56. The van der Waals surface area contributed by atoms with Gasteiger partial charge in [-0.3, -0.25) is 0 Å². The van der Waals surface area contributed by atoms with Gasteiger partial charge < -0.3 is 15.1 Å². The molecule has 0 radical (unpaired) electrons. The molecule has 0 aromatic carbocycles. The Labute approximate surface area is 83.0 Å². The van der Waals surface area contributed by atoms with Crippen LogP contribution in [0.5, 0.6) is 0 Å². The molecule has 0 spiro atoms. The van der Waals surface area contributed by atoms with Gasteiger partial charge in [-0.15, -0.1) is 0 Å². The Morgan fingerprint density at radius 3 is 3.00 bits per heavy atom. The van der Waals surface area contributed by atoms with Crippen LogP contribution in [0.3, 0.4) is 0 Å². The van der Waals surface area contributed by atoms with Crippen LogP contribution in [-0.2, 0) is 0 Å². The molecular formula is C9H6N4O2. The zero-order chi connectivity index (χ0) is 10.4. The van der Waals surface area contributed by atoms with Gasteiger partial charge in [0, 0.05) is 6.20 Å². The normalized spacial score (nSPS) is 11.2. The molecule has 6 heteroatoms. The van der Waals surface area contributed by atoms with Crippen molar-refractivity contribution in [1.82, 2.24) is 19.9 Å². The molecule has 0 bridgehead atoms. The van der Waals surface area contributed by atoms with E-state index in [2.05, 4.69) is 19.9 Å². The number of nitrogens with zero attached hydrogens (tertiary/aromatic N) is 2. The third kappa shape index (κ3) is 0.954. The van der Waals surface area contributed by atoms with E-state index >= 15 is 0 Å². The van der Waals surface area contributed by atoms with Crippen molar-refractivity contribution >= 4 is 28.0 Å². The summed E-state index contributed by atoms with van der Waals surface area (Å²) in [5.41, 5.74) is 2.07. The van der Waals surface area contributed by atoms with Gasteiger partial charge in [-0.2, -0.15) is 0 Å². The summed E-state index contributed by atoms with van der Waals surface area (Å²) in [7, 11) is 0. The second-order valence-electron chi connectivity index (χ2n) is 3.15. The van der Waals surface area contributed by atoms with Crippen LogP contribution in [0.4, 0.5) is 0 Å². The number of rotatable bonds is 1. The zero-order valence-electron chi connectivity index (χ0n) is 7.48. The number of fused-ring (bicyclic) bond motifs is 3. The maximum absolute atomic E-state index is 11.0. The predicted molar refractivity (Wildman–Crippen MR) is 52.7 cm³/mol. The molecule has 0 fully saturated rings. The highest BCUT2D eigenvalue weighted by Crippen LogP contribution is 2.23. The lowest BCUT2D eigenvalue weighted by molar-refractivity contribution is 0.0699. The molecule has 3 rings (SSSR count). The van der Waals surface area contributed by atoms with E-state index in [1.807, 2.05) is 0 Å². The van der Waals surface area contributed by atoms with E-state index in [0.717, 1.165) is 5.52 Å². The molecule has 0 aliphatic carbocycles. The van der Waals surface area contributed by atoms with Crippen LogP contribution < -0.4 is 0 Å². The number of carboxylic acid groups (broad SMARTS) is 1. The minimum absolute atomic E-state index is 0.190. The molecule has 3 aromatic rings. The molecule has 0 unspecified atom stereocenters. The van der Waals surface area contributed by atoms with Crippen molar-refractivity contribution < 1.29 is 9.90 Å². The van der Waals surface area contributed by atoms with Gasteiger partial charge in [0.1, 0.15) is 11.2 Å². The summed E-state index contributed by atoms with van der Waals surface area (Å²) in [4.78, 5) is 24.8. The fourth-order valence-corrected chi connectivity index (χ4v) is 1.65. The van der Waals surface area contributed by atoms with E-state index in [1.165, 1.54) is 12.5 Å². The van der Waals surface area contributed by atoms with Crippen molar-refractivity contribution in [1.29, 1.82) is 0 Å². The lowest BCUT2D eigenvalue weighted by Gasteiger charge is -1.93. The second kappa shape index (κ2) is 2.57. The molecule has 6 nitrogen and oxygen atoms in total. The van der Waals surface area contributed by atoms with E-state index in [-0.39, 0.29) is 5.56 Å². The second-order valence-corrected chi connectivity index (χ2v) is 3.15. The molecule has 74 valence electrons. The Hall–Kier alpha value is -2.37. The topological polar surface area (TPSA) is 94.7 Å². The van der Waals surface area contributed by atoms with Crippen LogP contribution in [0.15, 0.2) is 18.7 Å². The number of aromatic carboxylic acids is 1. The number of carboxylic acids is 1. The number of H-pyrrole nitrogens is 2. The monoisotopic (exact) mass is 202 g/mol. The van der Waals surface area contributed by atoms with Gasteiger partial charge >= 0.3 is 5.97 Å².